The van der Waals surface area contributed by atoms with Gasteiger partial charge in [0.05, 0.1) is 12.4 Å². The summed E-state index contributed by atoms with van der Waals surface area (Å²) in [5.41, 5.74) is 0. The van der Waals surface area contributed by atoms with E-state index in [4.69, 9.17) is 5.11 Å². The molecule has 0 saturated carbocycles. The van der Waals surface area contributed by atoms with Gasteiger partial charge in [-0.25, -0.2) is 8.42 Å². The smallest absolute Gasteiger partial charge is 0.216 e. The molecule has 0 aliphatic carbocycles. The molecule has 1 saturated heterocycles. The van der Waals surface area contributed by atoms with Crippen molar-refractivity contribution in [2.45, 2.75) is 45.2 Å². The third kappa shape index (κ3) is 2.27. The topological polar surface area (TPSA) is 57.6 Å². The molecule has 1 N–H and O–H groups in total. The largest absolute Gasteiger partial charge is 0.395 e. The highest BCUT2D eigenvalue weighted by Gasteiger charge is 2.37. The van der Waals surface area contributed by atoms with Crippen molar-refractivity contribution in [3.8, 4) is 0 Å². The van der Waals surface area contributed by atoms with Crippen molar-refractivity contribution >= 4 is 10.0 Å². The quantitative estimate of drug-likeness (QED) is 0.755. The second-order valence-corrected chi connectivity index (χ2v) is 5.85. The normalized spacial score (nSPS) is 29.6. The first-order chi connectivity index (χ1) is 6.53. The van der Waals surface area contributed by atoms with Crippen LogP contribution in [0.25, 0.3) is 0 Å². The minimum atomic E-state index is -3.24. The fourth-order valence-electron chi connectivity index (χ4n) is 2.15. The minimum Gasteiger partial charge on any atom is -0.395 e. The van der Waals surface area contributed by atoms with Crippen LogP contribution in [0.5, 0.6) is 0 Å². The molecule has 0 bridgehead atoms. The molecular formula is C9H19NO3S. The molecule has 1 rings (SSSR count). The molecule has 0 aromatic rings. The summed E-state index contributed by atoms with van der Waals surface area (Å²) in [4.78, 5) is 0. The van der Waals surface area contributed by atoms with Crippen LogP contribution in [0.15, 0.2) is 0 Å². The molecule has 1 heterocycles. The van der Waals surface area contributed by atoms with Gasteiger partial charge in [0.2, 0.25) is 10.0 Å². The van der Waals surface area contributed by atoms with Crippen LogP contribution in [0.3, 0.4) is 0 Å². The van der Waals surface area contributed by atoms with Gasteiger partial charge in [-0.1, -0.05) is 6.92 Å². The van der Waals surface area contributed by atoms with E-state index in [0.717, 1.165) is 19.3 Å². The van der Waals surface area contributed by atoms with Gasteiger partial charge in [-0.05, 0) is 26.2 Å². The summed E-state index contributed by atoms with van der Waals surface area (Å²) < 4.78 is 25.1. The molecule has 0 radical (unpaired) electrons. The van der Waals surface area contributed by atoms with Gasteiger partial charge in [0.15, 0.2) is 0 Å². The number of aliphatic hydroxyl groups excluding tert-OH is 1. The SMILES string of the molecule is CCC1CCC(C)N1S(=O)(=O)CCO. The Hall–Kier alpha value is -0.130. The molecule has 1 aliphatic heterocycles. The molecule has 0 spiro atoms. The Morgan fingerprint density at radius 3 is 2.57 bits per heavy atom. The summed E-state index contributed by atoms with van der Waals surface area (Å²) in [5.74, 6) is -0.145. The van der Waals surface area contributed by atoms with Crippen molar-refractivity contribution in [1.82, 2.24) is 4.31 Å². The first-order valence-corrected chi connectivity index (χ1v) is 6.76. The van der Waals surface area contributed by atoms with Gasteiger partial charge in [-0.15, -0.1) is 0 Å². The number of aliphatic hydroxyl groups is 1. The molecule has 1 fully saturated rings. The highest BCUT2D eigenvalue weighted by Crippen LogP contribution is 2.28. The number of hydrogen-bond donors (Lipinski definition) is 1. The molecule has 0 amide bonds. The van der Waals surface area contributed by atoms with E-state index in [2.05, 4.69) is 0 Å². The van der Waals surface area contributed by atoms with Crippen molar-refractivity contribution in [2.24, 2.45) is 0 Å². The van der Waals surface area contributed by atoms with Crippen LogP contribution in [-0.2, 0) is 10.0 Å². The molecule has 2 atom stereocenters. The van der Waals surface area contributed by atoms with Gasteiger partial charge < -0.3 is 5.11 Å². The van der Waals surface area contributed by atoms with Crippen molar-refractivity contribution in [3.63, 3.8) is 0 Å². The fourth-order valence-corrected chi connectivity index (χ4v) is 3.96. The molecule has 0 aromatic heterocycles. The monoisotopic (exact) mass is 221 g/mol. The summed E-state index contributed by atoms with van der Waals surface area (Å²) in [6.07, 6.45) is 2.74. The van der Waals surface area contributed by atoms with E-state index < -0.39 is 10.0 Å². The van der Waals surface area contributed by atoms with Crippen LogP contribution >= 0.6 is 0 Å². The average molecular weight is 221 g/mol. The summed E-state index contributed by atoms with van der Waals surface area (Å²) in [7, 11) is -3.24. The maximum absolute atomic E-state index is 11.8. The third-order valence-electron chi connectivity index (χ3n) is 2.85. The molecule has 84 valence electrons. The van der Waals surface area contributed by atoms with E-state index in [9.17, 15) is 8.42 Å². The fraction of sp³-hybridized carbons (Fsp3) is 1.00. The first-order valence-electron chi connectivity index (χ1n) is 5.15. The summed E-state index contributed by atoms with van der Waals surface area (Å²) in [6, 6.07) is 0.234. The van der Waals surface area contributed by atoms with Crippen LogP contribution in [0.2, 0.25) is 0 Å². The highest BCUT2D eigenvalue weighted by atomic mass is 32.2. The zero-order chi connectivity index (χ0) is 10.8. The van der Waals surface area contributed by atoms with Crippen LogP contribution in [0.4, 0.5) is 0 Å². The maximum atomic E-state index is 11.8. The van der Waals surface area contributed by atoms with E-state index in [0.29, 0.717) is 0 Å². The number of rotatable bonds is 4. The van der Waals surface area contributed by atoms with E-state index >= 15 is 0 Å². The molecule has 4 nitrogen and oxygen atoms in total. The zero-order valence-electron chi connectivity index (χ0n) is 8.81. The Balaban J connectivity index is 2.83. The van der Waals surface area contributed by atoms with Gasteiger partial charge in [0.25, 0.3) is 0 Å². The molecule has 5 heteroatoms. The van der Waals surface area contributed by atoms with Crippen molar-refractivity contribution in [1.29, 1.82) is 0 Å². The first kappa shape index (κ1) is 11.9. The number of sulfonamides is 1. The Kier molecular flexibility index (Phi) is 3.92. The van der Waals surface area contributed by atoms with E-state index in [1.165, 1.54) is 0 Å². The highest BCUT2D eigenvalue weighted by molar-refractivity contribution is 7.89. The van der Waals surface area contributed by atoms with E-state index in [1.807, 2.05) is 13.8 Å². The molecule has 0 aromatic carbocycles. The van der Waals surface area contributed by atoms with Crippen molar-refractivity contribution in [3.05, 3.63) is 0 Å². The van der Waals surface area contributed by atoms with Crippen LogP contribution in [0, 0.1) is 0 Å². The lowest BCUT2D eigenvalue weighted by atomic mass is 10.2. The van der Waals surface area contributed by atoms with Crippen LogP contribution in [0.1, 0.15) is 33.1 Å². The van der Waals surface area contributed by atoms with Crippen LogP contribution < -0.4 is 0 Å². The number of nitrogens with zero attached hydrogens (tertiary/aromatic N) is 1. The van der Waals surface area contributed by atoms with E-state index in [-0.39, 0.29) is 24.4 Å². The summed E-state index contributed by atoms with van der Waals surface area (Å²) in [6.45, 7) is 3.65. The molecule has 2 unspecified atom stereocenters. The lowest BCUT2D eigenvalue weighted by Gasteiger charge is -2.26. The van der Waals surface area contributed by atoms with Gasteiger partial charge in [0.1, 0.15) is 0 Å². The van der Waals surface area contributed by atoms with Gasteiger partial charge in [-0.3, -0.25) is 0 Å². The zero-order valence-corrected chi connectivity index (χ0v) is 9.63. The molecule has 14 heavy (non-hydrogen) atoms. The lowest BCUT2D eigenvalue weighted by molar-refractivity contribution is 0.300. The van der Waals surface area contributed by atoms with E-state index in [1.54, 1.807) is 4.31 Å². The number of hydrogen-bond acceptors (Lipinski definition) is 3. The lowest BCUT2D eigenvalue weighted by Crippen LogP contribution is -2.41. The maximum Gasteiger partial charge on any atom is 0.216 e. The average Bonchev–Trinajstić information content (AvgIpc) is 2.47. The van der Waals surface area contributed by atoms with Crippen molar-refractivity contribution in [2.75, 3.05) is 12.4 Å². The third-order valence-corrected chi connectivity index (χ3v) is 4.85. The minimum absolute atomic E-state index is 0.0940. The Morgan fingerprint density at radius 2 is 2.07 bits per heavy atom. The predicted molar refractivity (Wildman–Crippen MR) is 55.5 cm³/mol. The summed E-state index contributed by atoms with van der Waals surface area (Å²) >= 11 is 0. The van der Waals surface area contributed by atoms with Gasteiger partial charge >= 0.3 is 0 Å². The Labute approximate surface area is 86.0 Å². The van der Waals surface area contributed by atoms with Gasteiger partial charge in [-0.2, -0.15) is 4.31 Å². The van der Waals surface area contributed by atoms with Crippen molar-refractivity contribution < 1.29 is 13.5 Å². The standard InChI is InChI=1S/C9H19NO3S/c1-3-9-5-4-8(2)10(9)14(12,13)7-6-11/h8-9,11H,3-7H2,1-2H3. The van der Waals surface area contributed by atoms with Gasteiger partial charge in [0, 0.05) is 12.1 Å². The summed E-state index contributed by atoms with van der Waals surface area (Å²) in [5, 5.41) is 8.70. The second kappa shape index (κ2) is 4.59. The Bertz CT molecular complexity index is 276. The van der Waals surface area contributed by atoms with Crippen LogP contribution in [-0.4, -0.2) is 42.3 Å². The molecule has 1 aliphatic rings. The second-order valence-electron chi connectivity index (χ2n) is 3.86. The predicted octanol–water partition coefficient (Wildman–Crippen LogP) is 0.571. The Morgan fingerprint density at radius 1 is 1.43 bits per heavy atom. The molecular weight excluding hydrogens is 202 g/mol.